The van der Waals surface area contributed by atoms with Crippen LogP contribution in [0.4, 0.5) is 0 Å². The first-order valence-electron chi connectivity index (χ1n) is 4.86. The monoisotopic (exact) mass is 196 g/mol. The molecular formula is C13H12N2. The van der Waals surface area contributed by atoms with E-state index >= 15 is 0 Å². The molecule has 0 fully saturated rings. The lowest BCUT2D eigenvalue weighted by molar-refractivity contribution is 1.02. The van der Waals surface area contributed by atoms with Crippen molar-refractivity contribution in [2.24, 2.45) is 0 Å². The minimum atomic E-state index is 0.802. The number of aromatic nitrogens is 2. The van der Waals surface area contributed by atoms with Crippen LogP contribution in [-0.2, 0) is 6.42 Å². The predicted octanol–water partition coefficient (Wildman–Crippen LogP) is 2.71. The van der Waals surface area contributed by atoms with Gasteiger partial charge in [0.15, 0.2) is 0 Å². The van der Waals surface area contributed by atoms with Gasteiger partial charge in [-0.25, -0.2) is 0 Å². The second-order valence-electron chi connectivity index (χ2n) is 3.25. The van der Waals surface area contributed by atoms with E-state index < -0.39 is 0 Å². The normalized spacial score (nSPS) is 9.87. The highest BCUT2D eigenvalue weighted by Crippen LogP contribution is 2.10. The van der Waals surface area contributed by atoms with Gasteiger partial charge in [0.25, 0.3) is 0 Å². The van der Waals surface area contributed by atoms with E-state index in [0.29, 0.717) is 0 Å². The predicted molar refractivity (Wildman–Crippen MR) is 61.4 cm³/mol. The van der Waals surface area contributed by atoms with Crippen molar-refractivity contribution in [1.29, 1.82) is 0 Å². The van der Waals surface area contributed by atoms with Crippen molar-refractivity contribution >= 4 is 6.08 Å². The van der Waals surface area contributed by atoms with Gasteiger partial charge in [-0.15, -0.1) is 0 Å². The average Bonchev–Trinajstić information content (AvgIpc) is 2.31. The van der Waals surface area contributed by atoms with E-state index in [1.54, 1.807) is 18.5 Å². The second kappa shape index (κ2) is 4.51. The van der Waals surface area contributed by atoms with Crippen molar-refractivity contribution in [2.45, 2.75) is 6.42 Å². The van der Waals surface area contributed by atoms with E-state index in [2.05, 4.69) is 28.7 Å². The van der Waals surface area contributed by atoms with Crippen molar-refractivity contribution in [3.05, 3.63) is 66.3 Å². The lowest BCUT2D eigenvalue weighted by atomic mass is 10.1. The average molecular weight is 196 g/mol. The molecule has 0 saturated heterocycles. The third-order valence-corrected chi connectivity index (χ3v) is 2.21. The minimum Gasteiger partial charge on any atom is -0.257 e. The molecule has 0 aliphatic rings. The second-order valence-corrected chi connectivity index (χ2v) is 3.25. The first kappa shape index (κ1) is 9.59. The van der Waals surface area contributed by atoms with Crippen LogP contribution in [0, 0.1) is 0 Å². The molecule has 0 N–H and O–H groups in total. The molecule has 0 amide bonds. The van der Waals surface area contributed by atoms with Crippen LogP contribution in [0.5, 0.6) is 0 Å². The van der Waals surface area contributed by atoms with Gasteiger partial charge in [-0.1, -0.05) is 36.9 Å². The Balaban J connectivity index is 2.28. The maximum atomic E-state index is 4.31. The maximum absolute atomic E-state index is 4.31. The quantitative estimate of drug-likeness (QED) is 0.754. The lowest BCUT2D eigenvalue weighted by Crippen LogP contribution is -1.97. The molecule has 2 heteroatoms. The molecule has 15 heavy (non-hydrogen) atoms. The summed E-state index contributed by atoms with van der Waals surface area (Å²) in [5.74, 6) is 0. The molecule has 0 saturated carbocycles. The zero-order valence-corrected chi connectivity index (χ0v) is 8.43. The lowest BCUT2D eigenvalue weighted by Gasteiger charge is -2.03. The van der Waals surface area contributed by atoms with Crippen molar-refractivity contribution in [3.8, 4) is 0 Å². The fourth-order valence-corrected chi connectivity index (χ4v) is 1.47. The van der Waals surface area contributed by atoms with E-state index in [1.807, 2.05) is 18.2 Å². The molecule has 1 heterocycles. The number of benzene rings is 1. The van der Waals surface area contributed by atoms with Gasteiger partial charge in [0, 0.05) is 18.8 Å². The van der Waals surface area contributed by atoms with Gasteiger partial charge < -0.3 is 0 Å². The fraction of sp³-hybridized carbons (Fsp3) is 0.0769. The van der Waals surface area contributed by atoms with Crippen LogP contribution in [0.2, 0.25) is 0 Å². The number of hydrogen-bond acceptors (Lipinski definition) is 2. The Labute approximate surface area is 89.3 Å². The Morgan fingerprint density at radius 2 is 1.80 bits per heavy atom. The highest BCUT2D eigenvalue weighted by Gasteiger charge is 2.02. The Bertz CT molecular complexity index is 449. The summed E-state index contributed by atoms with van der Waals surface area (Å²) in [4.78, 5) is 8.52. The first-order valence-corrected chi connectivity index (χ1v) is 4.86. The van der Waals surface area contributed by atoms with Crippen LogP contribution in [0.3, 0.4) is 0 Å². The first-order chi connectivity index (χ1) is 7.40. The van der Waals surface area contributed by atoms with Gasteiger partial charge in [0.1, 0.15) is 0 Å². The van der Waals surface area contributed by atoms with E-state index in [9.17, 15) is 0 Å². The van der Waals surface area contributed by atoms with Crippen LogP contribution in [0.25, 0.3) is 6.08 Å². The van der Waals surface area contributed by atoms with Gasteiger partial charge in [0.2, 0.25) is 0 Å². The summed E-state index contributed by atoms with van der Waals surface area (Å²) in [5, 5.41) is 0. The summed E-state index contributed by atoms with van der Waals surface area (Å²) >= 11 is 0. The molecule has 0 spiro atoms. The molecule has 0 bridgehead atoms. The molecule has 0 aliphatic carbocycles. The number of rotatable bonds is 3. The van der Waals surface area contributed by atoms with Crippen molar-refractivity contribution in [1.82, 2.24) is 9.97 Å². The largest absolute Gasteiger partial charge is 0.257 e. The summed E-state index contributed by atoms with van der Waals surface area (Å²) in [6.07, 6.45) is 5.94. The number of hydrogen-bond donors (Lipinski definition) is 0. The Morgan fingerprint density at radius 1 is 1.07 bits per heavy atom. The van der Waals surface area contributed by atoms with Crippen LogP contribution in [0.1, 0.15) is 17.0 Å². The summed E-state index contributed by atoms with van der Waals surface area (Å²) in [7, 11) is 0. The molecular weight excluding hydrogens is 184 g/mol. The highest BCUT2D eigenvalue weighted by atomic mass is 14.8. The summed E-state index contributed by atoms with van der Waals surface area (Å²) in [5.41, 5.74) is 3.07. The zero-order valence-electron chi connectivity index (χ0n) is 8.43. The Kier molecular flexibility index (Phi) is 2.88. The fourth-order valence-electron chi connectivity index (χ4n) is 1.47. The van der Waals surface area contributed by atoms with E-state index in [-0.39, 0.29) is 0 Å². The molecule has 1 aromatic carbocycles. The smallest absolute Gasteiger partial charge is 0.0842 e. The molecule has 0 radical (unpaired) electrons. The van der Waals surface area contributed by atoms with Gasteiger partial charge >= 0.3 is 0 Å². The summed E-state index contributed by atoms with van der Waals surface area (Å²) in [6.45, 7) is 3.73. The van der Waals surface area contributed by atoms with Crippen LogP contribution in [-0.4, -0.2) is 9.97 Å². The molecule has 74 valence electrons. The third kappa shape index (κ3) is 2.29. The number of nitrogens with zero attached hydrogens (tertiary/aromatic N) is 2. The van der Waals surface area contributed by atoms with Gasteiger partial charge in [-0.2, -0.15) is 0 Å². The van der Waals surface area contributed by atoms with Gasteiger partial charge in [0.05, 0.1) is 11.4 Å². The zero-order chi connectivity index (χ0) is 10.5. The Morgan fingerprint density at radius 3 is 2.53 bits per heavy atom. The summed E-state index contributed by atoms with van der Waals surface area (Å²) < 4.78 is 0. The molecule has 0 aliphatic heterocycles. The molecule has 0 atom stereocenters. The van der Waals surface area contributed by atoms with Crippen LogP contribution < -0.4 is 0 Å². The standard InChI is InChI=1S/C13H12N2/c1-2-12-13(15-9-8-14-12)10-11-6-4-3-5-7-11/h2-9H,1,10H2. The van der Waals surface area contributed by atoms with Gasteiger partial charge in [-0.05, 0) is 11.6 Å². The minimum absolute atomic E-state index is 0.802. The van der Waals surface area contributed by atoms with E-state index in [1.165, 1.54) is 5.56 Å². The van der Waals surface area contributed by atoms with E-state index in [0.717, 1.165) is 17.8 Å². The van der Waals surface area contributed by atoms with E-state index in [4.69, 9.17) is 0 Å². The topological polar surface area (TPSA) is 25.8 Å². The van der Waals surface area contributed by atoms with Crippen LogP contribution >= 0.6 is 0 Å². The molecule has 1 aromatic heterocycles. The van der Waals surface area contributed by atoms with Gasteiger partial charge in [-0.3, -0.25) is 9.97 Å². The SMILES string of the molecule is C=Cc1nccnc1Cc1ccccc1. The molecule has 2 nitrogen and oxygen atoms in total. The maximum Gasteiger partial charge on any atom is 0.0842 e. The molecule has 2 aromatic rings. The van der Waals surface area contributed by atoms with Crippen LogP contribution in [0.15, 0.2) is 49.3 Å². The summed E-state index contributed by atoms with van der Waals surface area (Å²) in [6, 6.07) is 10.2. The third-order valence-electron chi connectivity index (χ3n) is 2.21. The molecule has 2 rings (SSSR count). The van der Waals surface area contributed by atoms with Crippen molar-refractivity contribution in [3.63, 3.8) is 0 Å². The van der Waals surface area contributed by atoms with Crippen molar-refractivity contribution in [2.75, 3.05) is 0 Å². The van der Waals surface area contributed by atoms with Crippen molar-refractivity contribution < 1.29 is 0 Å². The Hall–Kier alpha value is -1.96. The highest BCUT2D eigenvalue weighted by molar-refractivity contribution is 5.45. The molecule has 0 unspecified atom stereocenters.